The highest BCUT2D eigenvalue weighted by Gasteiger charge is 2.15. The number of carbonyl (C=O) groups is 1. The zero-order valence-corrected chi connectivity index (χ0v) is 24.9. The summed E-state index contributed by atoms with van der Waals surface area (Å²) in [7, 11) is 0. The lowest BCUT2D eigenvalue weighted by molar-refractivity contribution is 0.0955. The van der Waals surface area contributed by atoms with Crippen molar-refractivity contribution in [3.05, 3.63) is 155 Å². The van der Waals surface area contributed by atoms with E-state index in [-0.39, 0.29) is 5.91 Å². The number of carbonyl (C=O) groups excluding carboxylic acids is 1. The van der Waals surface area contributed by atoms with Gasteiger partial charge in [0.1, 0.15) is 0 Å². The van der Waals surface area contributed by atoms with Crippen molar-refractivity contribution in [3.63, 3.8) is 0 Å². The van der Waals surface area contributed by atoms with Crippen LogP contribution in [0, 0.1) is 27.7 Å². The van der Waals surface area contributed by atoms with Gasteiger partial charge in [0.05, 0.1) is 17.6 Å². The van der Waals surface area contributed by atoms with Crippen molar-refractivity contribution >= 4 is 12.1 Å². The fraction of sp³-hybridized carbons (Fsp3) is 0.105. The van der Waals surface area contributed by atoms with Crippen LogP contribution >= 0.6 is 0 Å². The van der Waals surface area contributed by atoms with E-state index in [0.717, 1.165) is 50.8 Å². The summed E-state index contributed by atoms with van der Waals surface area (Å²) in [4.78, 5) is 13.0. The van der Waals surface area contributed by atoms with Gasteiger partial charge >= 0.3 is 0 Å². The predicted molar refractivity (Wildman–Crippen MR) is 176 cm³/mol. The minimum atomic E-state index is -0.259. The fourth-order valence-corrected chi connectivity index (χ4v) is 5.55. The summed E-state index contributed by atoms with van der Waals surface area (Å²) < 4.78 is 4.44. The number of hydrogen-bond acceptors (Lipinski definition) is 2. The quantitative estimate of drug-likeness (QED) is 0.154. The monoisotopic (exact) mass is 562 g/mol. The first kappa shape index (κ1) is 27.7. The molecule has 6 aromatic rings. The maximum Gasteiger partial charge on any atom is 0.271 e. The van der Waals surface area contributed by atoms with Crippen molar-refractivity contribution in [2.45, 2.75) is 27.7 Å². The lowest BCUT2D eigenvalue weighted by Gasteiger charge is -2.15. The van der Waals surface area contributed by atoms with Crippen LogP contribution in [0.4, 0.5) is 0 Å². The number of aromatic nitrogens is 2. The molecule has 0 saturated carbocycles. The van der Waals surface area contributed by atoms with Crippen molar-refractivity contribution in [1.82, 2.24) is 14.6 Å². The Hall–Kier alpha value is -5.42. The fourth-order valence-electron chi connectivity index (χ4n) is 5.55. The molecule has 1 amide bonds. The highest BCUT2D eigenvalue weighted by atomic mass is 16.2. The Kier molecular flexibility index (Phi) is 7.63. The number of hydrazone groups is 1. The van der Waals surface area contributed by atoms with E-state index in [1.165, 1.54) is 11.1 Å². The summed E-state index contributed by atoms with van der Waals surface area (Å²) in [5.74, 6) is -0.259. The van der Waals surface area contributed by atoms with Gasteiger partial charge in [-0.25, -0.2) is 5.43 Å². The smallest absolute Gasteiger partial charge is 0.271 e. The number of nitrogens with zero attached hydrogens (tertiary/aromatic N) is 3. The lowest BCUT2D eigenvalue weighted by Crippen LogP contribution is -2.17. The average Bonchev–Trinajstić information content (AvgIpc) is 3.60. The molecular formula is C38H34N4O. The molecule has 4 aromatic carbocycles. The van der Waals surface area contributed by atoms with Crippen LogP contribution < -0.4 is 5.43 Å². The van der Waals surface area contributed by atoms with Crippen LogP contribution in [0.15, 0.2) is 126 Å². The Labute approximate surface area is 252 Å². The molecule has 0 radical (unpaired) electrons. The van der Waals surface area contributed by atoms with Gasteiger partial charge in [-0.05, 0) is 105 Å². The second-order valence-corrected chi connectivity index (χ2v) is 10.8. The van der Waals surface area contributed by atoms with Crippen LogP contribution in [-0.2, 0) is 0 Å². The van der Waals surface area contributed by atoms with Gasteiger partial charge in [-0.15, -0.1) is 0 Å². The van der Waals surface area contributed by atoms with E-state index in [1.807, 2.05) is 60.7 Å². The van der Waals surface area contributed by atoms with E-state index in [0.29, 0.717) is 5.56 Å². The normalized spacial score (nSPS) is 11.3. The first-order chi connectivity index (χ1) is 20.9. The molecule has 0 aliphatic rings. The van der Waals surface area contributed by atoms with E-state index in [9.17, 15) is 4.79 Å². The maximum absolute atomic E-state index is 13.0. The molecule has 1 N–H and O–H groups in total. The molecule has 0 aliphatic heterocycles. The average molecular weight is 563 g/mol. The Morgan fingerprint density at radius 3 is 1.79 bits per heavy atom. The summed E-state index contributed by atoms with van der Waals surface area (Å²) >= 11 is 0. The van der Waals surface area contributed by atoms with Gasteiger partial charge in [0, 0.05) is 33.9 Å². The molecule has 0 unspecified atom stereocenters. The van der Waals surface area contributed by atoms with Crippen molar-refractivity contribution in [2.24, 2.45) is 5.10 Å². The molecule has 0 saturated heterocycles. The Balaban J connectivity index is 1.23. The third-order valence-electron chi connectivity index (χ3n) is 8.00. The van der Waals surface area contributed by atoms with Crippen molar-refractivity contribution in [1.29, 1.82) is 0 Å². The Morgan fingerprint density at radius 2 is 1.21 bits per heavy atom. The second-order valence-electron chi connectivity index (χ2n) is 10.8. The van der Waals surface area contributed by atoms with Gasteiger partial charge in [-0.3, -0.25) is 4.79 Å². The van der Waals surface area contributed by atoms with Gasteiger partial charge < -0.3 is 9.13 Å². The molecule has 43 heavy (non-hydrogen) atoms. The second kappa shape index (κ2) is 11.8. The molecule has 6 rings (SSSR count). The number of aryl methyl sites for hydroxylation is 3. The molecule has 0 spiro atoms. The molecule has 2 heterocycles. The third-order valence-corrected chi connectivity index (χ3v) is 8.00. The van der Waals surface area contributed by atoms with Crippen LogP contribution in [0.2, 0.25) is 0 Å². The first-order valence-electron chi connectivity index (χ1n) is 14.4. The maximum atomic E-state index is 13.0. The lowest BCUT2D eigenvalue weighted by atomic mass is 10.1. The molecule has 5 nitrogen and oxygen atoms in total. The van der Waals surface area contributed by atoms with Crippen LogP contribution in [0.3, 0.4) is 0 Å². The van der Waals surface area contributed by atoms with E-state index >= 15 is 0 Å². The van der Waals surface area contributed by atoms with Crippen molar-refractivity contribution in [2.75, 3.05) is 0 Å². The predicted octanol–water partition coefficient (Wildman–Crippen LogP) is 8.60. The molecule has 212 valence electrons. The number of amides is 1. The van der Waals surface area contributed by atoms with E-state index in [4.69, 9.17) is 0 Å². The van der Waals surface area contributed by atoms with E-state index < -0.39 is 0 Å². The minimum Gasteiger partial charge on any atom is -0.318 e. The number of benzene rings is 4. The highest BCUT2D eigenvalue weighted by molar-refractivity contribution is 5.95. The standard InChI is InChI=1S/C38H34N4O/c1-26-15-18-35(23-27(26)2)41-28(3)24-33(29(41)4)25-39-40-38(43)32-16-19-34(20-17-32)42-36(30-11-7-5-8-12-30)21-22-37(42)31-13-9-6-10-14-31/h5-25H,1-4H3,(H,40,43)/b39-25+. The summed E-state index contributed by atoms with van der Waals surface area (Å²) in [6, 6.07) is 41.2. The molecule has 0 atom stereocenters. The van der Waals surface area contributed by atoms with Gasteiger partial charge in [-0.2, -0.15) is 5.10 Å². The van der Waals surface area contributed by atoms with Crippen molar-refractivity contribution < 1.29 is 4.79 Å². The van der Waals surface area contributed by atoms with Gasteiger partial charge in [0.15, 0.2) is 0 Å². The van der Waals surface area contributed by atoms with Crippen LogP contribution in [0.5, 0.6) is 0 Å². The Morgan fingerprint density at radius 1 is 0.628 bits per heavy atom. The highest BCUT2D eigenvalue weighted by Crippen LogP contribution is 2.32. The molecule has 2 aromatic heterocycles. The Bertz CT molecular complexity index is 1870. The molecule has 0 fully saturated rings. The summed E-state index contributed by atoms with van der Waals surface area (Å²) in [5.41, 5.74) is 15.4. The summed E-state index contributed by atoms with van der Waals surface area (Å²) in [5, 5.41) is 4.30. The number of hydrogen-bond donors (Lipinski definition) is 1. The zero-order valence-electron chi connectivity index (χ0n) is 24.9. The van der Waals surface area contributed by atoms with E-state index in [1.54, 1.807) is 6.21 Å². The number of nitrogens with one attached hydrogen (secondary N) is 1. The molecule has 0 aliphatic carbocycles. The van der Waals surface area contributed by atoms with E-state index in [2.05, 4.69) is 108 Å². The number of rotatable bonds is 7. The minimum absolute atomic E-state index is 0.259. The zero-order chi connectivity index (χ0) is 29.9. The summed E-state index contributed by atoms with van der Waals surface area (Å²) in [6.07, 6.45) is 1.71. The van der Waals surface area contributed by atoms with Crippen LogP contribution in [0.25, 0.3) is 33.9 Å². The summed E-state index contributed by atoms with van der Waals surface area (Å²) in [6.45, 7) is 8.39. The van der Waals surface area contributed by atoms with Crippen LogP contribution in [0.1, 0.15) is 38.4 Å². The molecule has 0 bridgehead atoms. The van der Waals surface area contributed by atoms with Gasteiger partial charge in [0.2, 0.25) is 0 Å². The molecular weight excluding hydrogens is 528 g/mol. The largest absolute Gasteiger partial charge is 0.318 e. The molecule has 5 heteroatoms. The topological polar surface area (TPSA) is 51.3 Å². The van der Waals surface area contributed by atoms with Crippen LogP contribution in [-0.4, -0.2) is 21.3 Å². The SMILES string of the molecule is Cc1ccc(-n2c(C)cc(/C=N/NC(=O)c3ccc(-n4c(-c5ccccc5)ccc4-c4ccccc4)cc3)c2C)cc1C. The van der Waals surface area contributed by atoms with Gasteiger partial charge in [0.25, 0.3) is 5.91 Å². The van der Waals surface area contributed by atoms with Crippen molar-refractivity contribution in [3.8, 4) is 33.9 Å². The first-order valence-corrected chi connectivity index (χ1v) is 14.4. The third kappa shape index (κ3) is 5.57. The van der Waals surface area contributed by atoms with Gasteiger partial charge in [-0.1, -0.05) is 66.7 Å².